The van der Waals surface area contributed by atoms with Crippen LogP contribution in [0, 0.1) is 5.82 Å². The summed E-state index contributed by atoms with van der Waals surface area (Å²) in [5.41, 5.74) is 7.26. The van der Waals surface area contributed by atoms with E-state index in [1.165, 1.54) is 17.2 Å². The van der Waals surface area contributed by atoms with Crippen molar-refractivity contribution in [2.24, 2.45) is 0 Å². The van der Waals surface area contributed by atoms with Crippen LogP contribution in [0.2, 0.25) is 0 Å². The van der Waals surface area contributed by atoms with Crippen molar-refractivity contribution in [3.8, 4) is 27.9 Å². The average molecular weight is 413 g/mol. The summed E-state index contributed by atoms with van der Waals surface area (Å²) in [6.07, 6.45) is 0. The zero-order valence-corrected chi connectivity index (χ0v) is 17.4. The SMILES string of the molecule is Fc1ccccc1-c1ccc2c(c1)c1ccccc1n2-c1ccc(-c2ccccc2)cc1. The quantitative estimate of drug-likeness (QED) is 0.275. The Hall–Kier alpha value is -4.17. The van der Waals surface area contributed by atoms with Crippen LogP contribution in [0.4, 0.5) is 4.39 Å². The molecular formula is C30H20FN. The van der Waals surface area contributed by atoms with E-state index in [1.807, 2.05) is 24.3 Å². The highest BCUT2D eigenvalue weighted by Gasteiger charge is 2.14. The lowest BCUT2D eigenvalue weighted by atomic mass is 10.0. The smallest absolute Gasteiger partial charge is 0.131 e. The van der Waals surface area contributed by atoms with E-state index in [-0.39, 0.29) is 5.82 Å². The lowest BCUT2D eigenvalue weighted by Gasteiger charge is -2.10. The molecule has 0 amide bonds. The van der Waals surface area contributed by atoms with E-state index in [9.17, 15) is 4.39 Å². The molecule has 0 radical (unpaired) electrons. The van der Waals surface area contributed by atoms with Gasteiger partial charge in [-0.1, -0.05) is 84.9 Å². The predicted molar refractivity (Wildman–Crippen MR) is 132 cm³/mol. The number of hydrogen-bond acceptors (Lipinski definition) is 0. The molecule has 0 atom stereocenters. The number of rotatable bonds is 3. The first-order valence-corrected chi connectivity index (χ1v) is 10.7. The summed E-state index contributed by atoms with van der Waals surface area (Å²) in [5, 5.41) is 2.28. The molecule has 1 aromatic heterocycles. The Morgan fingerprint density at radius 3 is 1.91 bits per heavy atom. The van der Waals surface area contributed by atoms with Crippen LogP contribution in [-0.4, -0.2) is 4.57 Å². The van der Waals surface area contributed by atoms with Crippen LogP contribution in [0.1, 0.15) is 0 Å². The van der Waals surface area contributed by atoms with Gasteiger partial charge >= 0.3 is 0 Å². The molecule has 0 aliphatic heterocycles. The van der Waals surface area contributed by atoms with E-state index >= 15 is 0 Å². The highest BCUT2D eigenvalue weighted by atomic mass is 19.1. The molecular weight excluding hydrogens is 393 g/mol. The normalized spacial score (nSPS) is 11.3. The molecule has 0 saturated heterocycles. The van der Waals surface area contributed by atoms with Crippen molar-refractivity contribution in [2.45, 2.75) is 0 Å². The van der Waals surface area contributed by atoms with Gasteiger partial charge in [-0.15, -0.1) is 0 Å². The van der Waals surface area contributed by atoms with Gasteiger partial charge in [0.05, 0.1) is 11.0 Å². The van der Waals surface area contributed by atoms with E-state index < -0.39 is 0 Å². The Morgan fingerprint density at radius 2 is 1.09 bits per heavy atom. The molecule has 0 bridgehead atoms. The number of para-hydroxylation sites is 1. The maximum Gasteiger partial charge on any atom is 0.131 e. The van der Waals surface area contributed by atoms with Gasteiger partial charge in [0.1, 0.15) is 5.82 Å². The third kappa shape index (κ3) is 3.00. The van der Waals surface area contributed by atoms with Gasteiger partial charge in [0, 0.05) is 22.0 Å². The minimum Gasteiger partial charge on any atom is -0.309 e. The van der Waals surface area contributed by atoms with Crippen LogP contribution in [0.3, 0.4) is 0 Å². The highest BCUT2D eigenvalue weighted by Crippen LogP contribution is 2.35. The van der Waals surface area contributed by atoms with Gasteiger partial charge in [0.2, 0.25) is 0 Å². The topological polar surface area (TPSA) is 4.93 Å². The molecule has 5 aromatic carbocycles. The van der Waals surface area contributed by atoms with Crippen molar-refractivity contribution in [3.63, 3.8) is 0 Å². The van der Waals surface area contributed by atoms with E-state index in [1.54, 1.807) is 6.07 Å². The van der Waals surface area contributed by atoms with Gasteiger partial charge < -0.3 is 4.57 Å². The molecule has 2 heteroatoms. The number of aromatic nitrogens is 1. The summed E-state index contributed by atoms with van der Waals surface area (Å²) in [6.45, 7) is 0. The fraction of sp³-hybridized carbons (Fsp3) is 0. The minimum atomic E-state index is -0.202. The fourth-order valence-electron chi connectivity index (χ4n) is 4.55. The van der Waals surface area contributed by atoms with E-state index in [0.29, 0.717) is 5.56 Å². The van der Waals surface area contributed by atoms with Crippen LogP contribution in [0.5, 0.6) is 0 Å². The Kier molecular flexibility index (Phi) is 4.36. The van der Waals surface area contributed by atoms with Gasteiger partial charge in [0.15, 0.2) is 0 Å². The van der Waals surface area contributed by atoms with Crippen LogP contribution in [-0.2, 0) is 0 Å². The molecule has 32 heavy (non-hydrogen) atoms. The first-order chi connectivity index (χ1) is 15.8. The standard InChI is InChI=1S/C30H20FN/c31-28-12-6-4-10-25(28)23-16-19-30-27(20-23)26-11-5-7-13-29(26)32(30)24-17-14-22(15-18-24)21-8-2-1-3-9-21/h1-20H. The predicted octanol–water partition coefficient (Wildman–Crippen LogP) is 8.26. The van der Waals surface area contributed by atoms with Crippen molar-refractivity contribution in [2.75, 3.05) is 0 Å². The molecule has 6 aromatic rings. The van der Waals surface area contributed by atoms with Gasteiger partial charge in [-0.3, -0.25) is 0 Å². The first-order valence-electron chi connectivity index (χ1n) is 10.7. The zero-order valence-electron chi connectivity index (χ0n) is 17.4. The van der Waals surface area contributed by atoms with E-state index in [4.69, 9.17) is 0 Å². The second kappa shape index (κ2) is 7.51. The van der Waals surface area contributed by atoms with Crippen molar-refractivity contribution < 1.29 is 4.39 Å². The van der Waals surface area contributed by atoms with Crippen molar-refractivity contribution in [1.82, 2.24) is 4.57 Å². The third-order valence-corrected chi connectivity index (χ3v) is 6.09. The maximum absolute atomic E-state index is 14.4. The van der Waals surface area contributed by atoms with Crippen molar-refractivity contribution >= 4 is 21.8 Å². The van der Waals surface area contributed by atoms with Crippen LogP contribution in [0.15, 0.2) is 121 Å². The number of halogens is 1. The highest BCUT2D eigenvalue weighted by molar-refractivity contribution is 6.10. The summed E-state index contributed by atoms with van der Waals surface area (Å²) < 4.78 is 16.7. The average Bonchev–Trinajstić information content (AvgIpc) is 3.19. The summed E-state index contributed by atoms with van der Waals surface area (Å²) in [6, 6.07) is 40.6. The van der Waals surface area contributed by atoms with Crippen molar-refractivity contribution in [3.05, 3.63) is 127 Å². The van der Waals surface area contributed by atoms with Crippen LogP contribution < -0.4 is 0 Å². The molecule has 0 aliphatic carbocycles. The minimum absolute atomic E-state index is 0.202. The Morgan fingerprint density at radius 1 is 0.469 bits per heavy atom. The van der Waals surface area contributed by atoms with Gasteiger partial charge in [-0.25, -0.2) is 4.39 Å². The Bertz CT molecular complexity index is 1560. The summed E-state index contributed by atoms with van der Waals surface area (Å²) in [7, 11) is 0. The molecule has 152 valence electrons. The summed E-state index contributed by atoms with van der Waals surface area (Å²) >= 11 is 0. The molecule has 0 unspecified atom stereocenters. The number of fused-ring (bicyclic) bond motifs is 3. The number of hydrogen-bond donors (Lipinski definition) is 0. The fourth-order valence-corrected chi connectivity index (χ4v) is 4.55. The monoisotopic (exact) mass is 413 g/mol. The van der Waals surface area contributed by atoms with Crippen molar-refractivity contribution in [1.29, 1.82) is 0 Å². The molecule has 0 aliphatic rings. The molecule has 6 rings (SSSR count). The molecule has 0 N–H and O–H groups in total. The molecule has 0 fully saturated rings. The Labute approximate surface area is 186 Å². The van der Waals surface area contributed by atoms with E-state index in [2.05, 4.69) is 89.5 Å². The lowest BCUT2D eigenvalue weighted by Crippen LogP contribution is -1.93. The summed E-state index contributed by atoms with van der Waals surface area (Å²) in [4.78, 5) is 0. The lowest BCUT2D eigenvalue weighted by molar-refractivity contribution is 0.631. The van der Waals surface area contributed by atoms with Gasteiger partial charge in [-0.2, -0.15) is 0 Å². The number of nitrogens with zero attached hydrogens (tertiary/aromatic N) is 1. The Balaban J connectivity index is 1.55. The second-order valence-electron chi connectivity index (χ2n) is 7.98. The second-order valence-corrected chi connectivity index (χ2v) is 7.98. The van der Waals surface area contributed by atoms with Crippen LogP contribution in [0.25, 0.3) is 49.7 Å². The largest absolute Gasteiger partial charge is 0.309 e. The van der Waals surface area contributed by atoms with E-state index in [0.717, 1.165) is 33.1 Å². The molecule has 0 saturated carbocycles. The zero-order chi connectivity index (χ0) is 21.5. The molecule has 1 heterocycles. The molecule has 0 spiro atoms. The molecule has 1 nitrogen and oxygen atoms in total. The van der Waals surface area contributed by atoms with Gasteiger partial charge in [-0.05, 0) is 53.1 Å². The maximum atomic E-state index is 14.4. The third-order valence-electron chi connectivity index (χ3n) is 6.09. The first kappa shape index (κ1) is 18.6. The summed E-state index contributed by atoms with van der Waals surface area (Å²) in [5.74, 6) is -0.202. The van der Waals surface area contributed by atoms with Gasteiger partial charge in [0.25, 0.3) is 0 Å². The number of benzene rings is 5. The van der Waals surface area contributed by atoms with Crippen LogP contribution >= 0.6 is 0 Å².